The summed E-state index contributed by atoms with van der Waals surface area (Å²) in [5.41, 5.74) is 5.67. The van der Waals surface area contributed by atoms with Crippen LogP contribution in [0.4, 0.5) is 0 Å². The molecule has 1 atom stereocenters. The van der Waals surface area contributed by atoms with E-state index in [4.69, 9.17) is 0 Å². The molecule has 0 radical (unpaired) electrons. The molecule has 0 saturated heterocycles. The summed E-state index contributed by atoms with van der Waals surface area (Å²) in [6, 6.07) is 15.8. The van der Waals surface area contributed by atoms with Crippen molar-refractivity contribution in [3.8, 4) is 0 Å². The second-order valence-electron chi connectivity index (χ2n) is 6.72. The molecular weight excluding hydrogens is 338 g/mol. The van der Waals surface area contributed by atoms with Gasteiger partial charge in [-0.25, -0.2) is 0 Å². The second-order valence-corrected chi connectivity index (χ2v) is 6.72. The van der Waals surface area contributed by atoms with Crippen molar-refractivity contribution >= 4 is 34.5 Å². The maximum absolute atomic E-state index is 11.3. The average molecular weight is 359 g/mol. The van der Waals surface area contributed by atoms with E-state index in [0.717, 1.165) is 46.8 Å². The number of aromatic nitrogens is 2. The van der Waals surface area contributed by atoms with E-state index < -0.39 is 6.04 Å². The molecule has 0 aliphatic rings. The molecule has 0 bridgehead atoms. The molecule has 5 nitrogen and oxygen atoms in total. The van der Waals surface area contributed by atoms with Crippen molar-refractivity contribution in [1.82, 2.24) is 15.3 Å². The third kappa shape index (κ3) is 3.36. The predicted molar refractivity (Wildman–Crippen MR) is 107 cm³/mol. The molecule has 27 heavy (non-hydrogen) atoms. The summed E-state index contributed by atoms with van der Waals surface area (Å²) in [6.07, 6.45) is 5.64. The van der Waals surface area contributed by atoms with Crippen LogP contribution in [-0.4, -0.2) is 28.7 Å². The van der Waals surface area contributed by atoms with Crippen molar-refractivity contribution in [2.75, 3.05) is 0 Å². The van der Waals surface area contributed by atoms with Crippen molar-refractivity contribution in [2.24, 2.45) is 0 Å². The van der Waals surface area contributed by atoms with Crippen LogP contribution >= 0.6 is 0 Å². The number of carbonyl (C=O) groups excluding carboxylic acids is 2. The number of amides is 1. The number of aryl methyl sites for hydroxylation is 2. The second kappa shape index (κ2) is 7.50. The van der Waals surface area contributed by atoms with Crippen LogP contribution in [0, 0.1) is 0 Å². The first-order valence-corrected chi connectivity index (χ1v) is 9.08. The molecule has 5 heteroatoms. The summed E-state index contributed by atoms with van der Waals surface area (Å²) in [6.45, 7) is 0. The molecule has 1 amide bonds. The molecule has 3 N–H and O–H groups in total. The predicted octanol–water partition coefficient (Wildman–Crippen LogP) is 3.29. The van der Waals surface area contributed by atoms with Crippen LogP contribution in [0.2, 0.25) is 0 Å². The third-order valence-corrected chi connectivity index (χ3v) is 5.09. The fourth-order valence-corrected chi connectivity index (χ4v) is 3.75. The maximum Gasteiger partial charge on any atom is 0.207 e. The lowest BCUT2D eigenvalue weighted by molar-refractivity contribution is -0.115. The fourth-order valence-electron chi connectivity index (χ4n) is 3.75. The van der Waals surface area contributed by atoms with Crippen LogP contribution in [0.15, 0.2) is 54.7 Å². The van der Waals surface area contributed by atoms with E-state index in [1.165, 1.54) is 10.9 Å². The van der Waals surface area contributed by atoms with E-state index in [9.17, 15) is 9.59 Å². The first kappa shape index (κ1) is 17.1. The fraction of sp³-hybridized carbons (Fsp3) is 0.182. The van der Waals surface area contributed by atoms with Gasteiger partial charge >= 0.3 is 0 Å². The number of aromatic amines is 2. The summed E-state index contributed by atoms with van der Waals surface area (Å²) in [5, 5.41) is 4.93. The number of rotatable bonds is 8. The summed E-state index contributed by atoms with van der Waals surface area (Å²) in [7, 11) is 0. The average Bonchev–Trinajstić information content (AvgIpc) is 3.27. The summed E-state index contributed by atoms with van der Waals surface area (Å²) >= 11 is 0. The highest BCUT2D eigenvalue weighted by atomic mass is 16.1. The minimum atomic E-state index is -0.520. The van der Waals surface area contributed by atoms with E-state index >= 15 is 0 Å². The molecule has 4 rings (SSSR count). The zero-order chi connectivity index (χ0) is 18.6. The Bertz CT molecular complexity index is 1090. The number of benzene rings is 2. The molecule has 0 aliphatic heterocycles. The Hall–Kier alpha value is -3.34. The highest BCUT2D eigenvalue weighted by molar-refractivity contribution is 5.86. The van der Waals surface area contributed by atoms with E-state index in [2.05, 4.69) is 39.7 Å². The van der Waals surface area contributed by atoms with Gasteiger partial charge in [0.15, 0.2) is 0 Å². The van der Waals surface area contributed by atoms with Gasteiger partial charge in [-0.3, -0.25) is 4.79 Å². The molecular formula is C22H21N3O2. The number of nitrogens with one attached hydrogen (secondary N) is 3. The summed E-state index contributed by atoms with van der Waals surface area (Å²) < 4.78 is 0. The lowest BCUT2D eigenvalue weighted by Crippen LogP contribution is -2.31. The topological polar surface area (TPSA) is 77.8 Å². The van der Waals surface area contributed by atoms with Crippen LogP contribution < -0.4 is 5.32 Å². The van der Waals surface area contributed by atoms with Crippen molar-refractivity contribution in [3.05, 3.63) is 71.5 Å². The zero-order valence-electron chi connectivity index (χ0n) is 14.9. The Morgan fingerprint density at radius 1 is 0.926 bits per heavy atom. The highest BCUT2D eigenvalue weighted by Gasteiger charge is 2.16. The molecule has 2 aromatic carbocycles. The number of hydrogen-bond acceptors (Lipinski definition) is 2. The number of fused-ring (bicyclic) bond motifs is 2. The van der Waals surface area contributed by atoms with Crippen molar-refractivity contribution < 1.29 is 9.59 Å². The molecule has 4 aromatic rings. The van der Waals surface area contributed by atoms with Gasteiger partial charge in [-0.05, 0) is 36.1 Å². The standard InChI is InChI=1S/C22H21N3O2/c26-13-16(24-14-27)11-19-18-6-2-4-8-21(18)25-22(19)10-9-15-12-23-20-7-3-1-5-17(15)20/h1-8,12-14,16,23,25H,9-11H2,(H,24,27)/t16-/m0/s1. The SMILES string of the molecule is O=CN[C@H](C=O)Cc1c(CCc2c[nH]c3ccccc23)[nH]c2ccccc12. The van der Waals surface area contributed by atoms with Gasteiger partial charge in [-0.2, -0.15) is 0 Å². The molecule has 2 aromatic heterocycles. The van der Waals surface area contributed by atoms with Crippen LogP contribution in [0.25, 0.3) is 21.8 Å². The van der Waals surface area contributed by atoms with E-state index in [1.54, 1.807) is 0 Å². The van der Waals surface area contributed by atoms with Crippen LogP contribution in [0.3, 0.4) is 0 Å². The molecule has 2 heterocycles. The summed E-state index contributed by atoms with van der Waals surface area (Å²) in [4.78, 5) is 28.9. The van der Waals surface area contributed by atoms with Gasteiger partial charge in [0.25, 0.3) is 0 Å². The minimum absolute atomic E-state index is 0.482. The first-order valence-electron chi connectivity index (χ1n) is 9.08. The smallest absolute Gasteiger partial charge is 0.207 e. The van der Waals surface area contributed by atoms with E-state index in [-0.39, 0.29) is 0 Å². The molecule has 136 valence electrons. The van der Waals surface area contributed by atoms with Crippen LogP contribution in [0.5, 0.6) is 0 Å². The van der Waals surface area contributed by atoms with E-state index in [0.29, 0.717) is 12.8 Å². The van der Waals surface area contributed by atoms with Crippen LogP contribution in [0.1, 0.15) is 16.8 Å². The number of hydrogen-bond donors (Lipinski definition) is 3. The van der Waals surface area contributed by atoms with E-state index in [1.807, 2.05) is 30.3 Å². The monoisotopic (exact) mass is 359 g/mol. The zero-order valence-corrected chi connectivity index (χ0v) is 14.9. The lowest BCUT2D eigenvalue weighted by atomic mass is 9.99. The lowest BCUT2D eigenvalue weighted by Gasteiger charge is -2.10. The Labute approximate surface area is 156 Å². The first-order chi connectivity index (χ1) is 13.3. The molecule has 0 unspecified atom stereocenters. The van der Waals surface area contributed by atoms with Crippen molar-refractivity contribution in [3.63, 3.8) is 0 Å². The van der Waals surface area contributed by atoms with Gasteiger partial charge in [0, 0.05) is 40.1 Å². The number of para-hydroxylation sites is 2. The Kier molecular flexibility index (Phi) is 4.75. The highest BCUT2D eigenvalue weighted by Crippen LogP contribution is 2.26. The molecule has 0 spiro atoms. The maximum atomic E-state index is 11.3. The van der Waals surface area contributed by atoms with Crippen LogP contribution in [-0.2, 0) is 28.9 Å². The molecule has 0 fully saturated rings. The molecule has 0 saturated carbocycles. The number of H-pyrrole nitrogens is 2. The third-order valence-electron chi connectivity index (χ3n) is 5.09. The quantitative estimate of drug-likeness (QED) is 0.422. The van der Waals surface area contributed by atoms with Gasteiger partial charge in [-0.1, -0.05) is 36.4 Å². The number of aldehydes is 1. The van der Waals surface area contributed by atoms with Gasteiger partial charge in [-0.15, -0.1) is 0 Å². The minimum Gasteiger partial charge on any atom is -0.361 e. The molecule has 0 aliphatic carbocycles. The van der Waals surface area contributed by atoms with Gasteiger partial charge in [0.05, 0.1) is 6.04 Å². The van der Waals surface area contributed by atoms with Gasteiger partial charge in [0.1, 0.15) is 6.29 Å². The Balaban J connectivity index is 1.65. The van der Waals surface area contributed by atoms with Gasteiger partial charge < -0.3 is 20.1 Å². The summed E-state index contributed by atoms with van der Waals surface area (Å²) in [5.74, 6) is 0. The Morgan fingerprint density at radius 3 is 2.44 bits per heavy atom. The van der Waals surface area contributed by atoms with Gasteiger partial charge in [0.2, 0.25) is 6.41 Å². The van der Waals surface area contributed by atoms with Crippen molar-refractivity contribution in [1.29, 1.82) is 0 Å². The number of carbonyl (C=O) groups is 2. The normalized spacial score (nSPS) is 12.3. The van der Waals surface area contributed by atoms with Crippen molar-refractivity contribution in [2.45, 2.75) is 25.3 Å². The largest absolute Gasteiger partial charge is 0.361 e. The Morgan fingerprint density at radius 2 is 1.67 bits per heavy atom.